The number of likely N-dealkylation sites (N-methyl/N-ethyl adjacent to an activating group) is 1. The van der Waals surface area contributed by atoms with Gasteiger partial charge in [-0.05, 0) is 0 Å². The van der Waals surface area contributed by atoms with Crippen LogP contribution >= 0.6 is 0 Å². The van der Waals surface area contributed by atoms with E-state index >= 15 is 0 Å². The fourth-order valence-corrected chi connectivity index (χ4v) is 2.82. The van der Waals surface area contributed by atoms with Crippen molar-refractivity contribution < 1.29 is 13.5 Å². The molecule has 0 bridgehead atoms. The molecule has 6 nitrogen and oxygen atoms in total. The van der Waals surface area contributed by atoms with Crippen molar-refractivity contribution in [2.24, 2.45) is 0 Å². The molecule has 0 fully saturated rings. The van der Waals surface area contributed by atoms with Gasteiger partial charge in [0.1, 0.15) is 0 Å². The Kier molecular flexibility index (Phi) is 4.22. The molecule has 0 amide bonds. The van der Waals surface area contributed by atoms with E-state index in [1.165, 1.54) is 16.6 Å². The summed E-state index contributed by atoms with van der Waals surface area (Å²) >= 11 is 0. The van der Waals surface area contributed by atoms with Crippen molar-refractivity contribution in [3.63, 3.8) is 0 Å². The number of hydrogen-bond acceptors (Lipinski definition) is 4. The number of H-pyrrole nitrogens is 1. The van der Waals surface area contributed by atoms with Crippen molar-refractivity contribution in [2.45, 2.75) is 18.6 Å². The topological polar surface area (TPSA) is 86.3 Å². The molecule has 2 N–H and O–H groups in total. The van der Waals surface area contributed by atoms with E-state index in [1.54, 1.807) is 6.92 Å². The van der Waals surface area contributed by atoms with Crippen LogP contribution in [0.2, 0.25) is 0 Å². The van der Waals surface area contributed by atoms with E-state index in [1.807, 2.05) is 0 Å². The Balaban J connectivity index is 3.14. The molecule has 1 aromatic heterocycles. The first kappa shape index (κ1) is 12.9. The zero-order chi connectivity index (χ0) is 12.2. The maximum Gasteiger partial charge on any atom is 0.260 e. The summed E-state index contributed by atoms with van der Waals surface area (Å²) in [5.74, 6) is 0. The van der Waals surface area contributed by atoms with Gasteiger partial charge in [0.25, 0.3) is 10.0 Å². The molecular formula is C9H15N3O3S. The van der Waals surface area contributed by atoms with E-state index in [-0.39, 0.29) is 23.7 Å². The van der Waals surface area contributed by atoms with Crippen LogP contribution in [0.1, 0.15) is 12.5 Å². The van der Waals surface area contributed by atoms with Crippen LogP contribution in [0, 0.1) is 0 Å². The average molecular weight is 245 g/mol. The van der Waals surface area contributed by atoms with Gasteiger partial charge in [-0.25, -0.2) is 8.42 Å². The van der Waals surface area contributed by atoms with E-state index in [4.69, 9.17) is 5.11 Å². The maximum absolute atomic E-state index is 12.1. The van der Waals surface area contributed by atoms with Crippen molar-refractivity contribution in [1.29, 1.82) is 0 Å². The Morgan fingerprint density at radius 2 is 2.38 bits per heavy atom. The minimum Gasteiger partial charge on any atom is -0.392 e. The third kappa shape index (κ3) is 2.31. The number of aromatic amines is 1. The van der Waals surface area contributed by atoms with Gasteiger partial charge in [0.05, 0.1) is 12.8 Å². The Morgan fingerprint density at radius 3 is 2.88 bits per heavy atom. The number of aliphatic hydroxyl groups is 1. The van der Waals surface area contributed by atoms with Gasteiger partial charge in [0.2, 0.25) is 0 Å². The summed E-state index contributed by atoms with van der Waals surface area (Å²) in [6.45, 7) is 5.43. The highest BCUT2D eigenvalue weighted by atomic mass is 32.2. The molecule has 0 saturated heterocycles. The zero-order valence-electron chi connectivity index (χ0n) is 9.05. The van der Waals surface area contributed by atoms with Crippen molar-refractivity contribution in [3.05, 3.63) is 24.4 Å². The number of aliphatic hydroxyl groups excluding tert-OH is 1. The second-order valence-corrected chi connectivity index (χ2v) is 5.00. The highest BCUT2D eigenvalue weighted by Crippen LogP contribution is 2.17. The number of nitrogens with one attached hydrogen (secondary N) is 1. The first-order valence-corrected chi connectivity index (χ1v) is 6.26. The van der Waals surface area contributed by atoms with Crippen molar-refractivity contribution in [1.82, 2.24) is 14.5 Å². The molecule has 0 atom stereocenters. The molecule has 90 valence electrons. The predicted octanol–water partition coefficient (Wildman–Crippen LogP) is 0.0986. The Morgan fingerprint density at radius 1 is 1.69 bits per heavy atom. The molecule has 0 aromatic carbocycles. The molecule has 0 aliphatic carbocycles. The second-order valence-electron chi connectivity index (χ2n) is 3.13. The third-order valence-corrected chi connectivity index (χ3v) is 4.09. The number of nitrogens with zero attached hydrogens (tertiary/aromatic N) is 2. The van der Waals surface area contributed by atoms with Crippen LogP contribution in [0.5, 0.6) is 0 Å². The summed E-state index contributed by atoms with van der Waals surface area (Å²) in [6, 6.07) is 0. The fraction of sp³-hybridized carbons (Fsp3) is 0.444. The van der Waals surface area contributed by atoms with Crippen molar-refractivity contribution >= 4 is 10.0 Å². The van der Waals surface area contributed by atoms with Crippen LogP contribution in [-0.2, 0) is 16.6 Å². The van der Waals surface area contributed by atoms with Crippen LogP contribution in [0.3, 0.4) is 0 Å². The quantitative estimate of drug-likeness (QED) is 0.696. The van der Waals surface area contributed by atoms with Crippen LogP contribution in [0.15, 0.2) is 23.9 Å². The summed E-state index contributed by atoms with van der Waals surface area (Å²) in [6.07, 6.45) is 2.81. The monoisotopic (exact) mass is 245 g/mol. The average Bonchev–Trinajstić information content (AvgIpc) is 2.74. The minimum absolute atomic E-state index is 0.0568. The Labute approximate surface area is 94.6 Å². The van der Waals surface area contributed by atoms with Crippen LogP contribution in [0.25, 0.3) is 0 Å². The molecule has 0 aliphatic heterocycles. The summed E-state index contributed by atoms with van der Waals surface area (Å²) < 4.78 is 25.4. The molecule has 0 saturated carbocycles. The van der Waals surface area contributed by atoms with E-state index < -0.39 is 10.0 Å². The highest BCUT2D eigenvalue weighted by Gasteiger charge is 2.26. The smallest absolute Gasteiger partial charge is 0.260 e. The van der Waals surface area contributed by atoms with Gasteiger partial charge < -0.3 is 5.11 Å². The normalized spacial score (nSPS) is 11.9. The largest absolute Gasteiger partial charge is 0.392 e. The van der Waals surface area contributed by atoms with Crippen LogP contribution < -0.4 is 0 Å². The van der Waals surface area contributed by atoms with Gasteiger partial charge in [0.15, 0.2) is 5.03 Å². The summed E-state index contributed by atoms with van der Waals surface area (Å²) in [5.41, 5.74) is 0.266. The van der Waals surface area contributed by atoms with Gasteiger partial charge in [-0.2, -0.15) is 9.40 Å². The Hall–Kier alpha value is -1.18. The zero-order valence-corrected chi connectivity index (χ0v) is 9.87. The molecule has 16 heavy (non-hydrogen) atoms. The summed E-state index contributed by atoms with van der Waals surface area (Å²) in [5, 5.41) is 15.0. The fourth-order valence-electron chi connectivity index (χ4n) is 1.31. The van der Waals surface area contributed by atoms with Crippen molar-refractivity contribution in [2.75, 3.05) is 13.1 Å². The summed E-state index contributed by atoms with van der Waals surface area (Å²) in [4.78, 5) is 0. The van der Waals surface area contributed by atoms with Gasteiger partial charge in [-0.15, -0.1) is 6.58 Å². The highest BCUT2D eigenvalue weighted by molar-refractivity contribution is 7.89. The van der Waals surface area contributed by atoms with Crippen LogP contribution in [-0.4, -0.2) is 41.1 Å². The van der Waals surface area contributed by atoms with E-state index in [9.17, 15) is 8.42 Å². The minimum atomic E-state index is -3.63. The first-order chi connectivity index (χ1) is 7.57. The lowest BCUT2D eigenvalue weighted by molar-refractivity contribution is 0.278. The lowest BCUT2D eigenvalue weighted by Gasteiger charge is -2.17. The molecule has 1 rings (SSSR count). The lowest BCUT2D eigenvalue weighted by Crippen LogP contribution is -2.31. The SMILES string of the molecule is C=CCN(CC)S(=O)(=O)c1[nH]ncc1CO. The molecule has 1 heterocycles. The lowest BCUT2D eigenvalue weighted by atomic mass is 10.4. The van der Waals surface area contributed by atoms with Gasteiger partial charge >= 0.3 is 0 Å². The summed E-state index contributed by atoms with van der Waals surface area (Å²) in [7, 11) is -3.63. The maximum atomic E-state index is 12.1. The van der Waals surface area contributed by atoms with Gasteiger partial charge in [-0.1, -0.05) is 13.0 Å². The van der Waals surface area contributed by atoms with Gasteiger partial charge in [0, 0.05) is 18.7 Å². The van der Waals surface area contributed by atoms with Crippen LogP contribution in [0.4, 0.5) is 0 Å². The second kappa shape index (κ2) is 5.24. The van der Waals surface area contributed by atoms with E-state index in [0.717, 1.165) is 0 Å². The third-order valence-electron chi connectivity index (χ3n) is 2.13. The standard InChI is InChI=1S/C9H15N3O3S/c1-3-5-12(4-2)16(14,15)9-8(7-13)6-10-11-9/h3,6,13H,1,4-5,7H2,2H3,(H,10,11). The van der Waals surface area contributed by atoms with E-state index in [2.05, 4.69) is 16.8 Å². The first-order valence-electron chi connectivity index (χ1n) is 4.82. The van der Waals surface area contributed by atoms with Crippen molar-refractivity contribution in [3.8, 4) is 0 Å². The number of aromatic nitrogens is 2. The van der Waals surface area contributed by atoms with E-state index in [0.29, 0.717) is 6.54 Å². The predicted molar refractivity (Wildman–Crippen MR) is 59.1 cm³/mol. The molecule has 0 spiro atoms. The number of sulfonamides is 1. The molecule has 0 aliphatic rings. The molecule has 7 heteroatoms. The molecular weight excluding hydrogens is 230 g/mol. The van der Waals surface area contributed by atoms with Gasteiger partial charge in [-0.3, -0.25) is 5.10 Å². The molecule has 1 aromatic rings. The molecule has 0 radical (unpaired) electrons. The number of hydrogen-bond donors (Lipinski definition) is 2. The Bertz CT molecular complexity index is 452. The number of rotatable bonds is 6. The molecule has 0 unspecified atom stereocenters.